The van der Waals surface area contributed by atoms with E-state index in [9.17, 15) is 18.8 Å². The molecule has 0 aliphatic carbocycles. The van der Waals surface area contributed by atoms with Gasteiger partial charge in [-0.2, -0.15) is 0 Å². The molecule has 0 atom stereocenters. The Balaban J connectivity index is 1.68. The van der Waals surface area contributed by atoms with Gasteiger partial charge in [0.15, 0.2) is 0 Å². The van der Waals surface area contributed by atoms with Crippen LogP contribution in [0.4, 0.5) is 9.18 Å². The summed E-state index contributed by atoms with van der Waals surface area (Å²) in [5.41, 5.74) is 1.31. The van der Waals surface area contributed by atoms with E-state index in [1.807, 2.05) is 0 Å². The highest BCUT2D eigenvalue weighted by Crippen LogP contribution is 2.30. The monoisotopic (exact) mass is 435 g/mol. The first-order valence-electron chi connectivity index (χ1n) is 7.40. The van der Waals surface area contributed by atoms with Gasteiger partial charge in [0.25, 0.3) is 11.1 Å². The van der Waals surface area contributed by atoms with Gasteiger partial charge in [0.2, 0.25) is 0 Å². The van der Waals surface area contributed by atoms with Crippen molar-refractivity contribution in [3.05, 3.63) is 68.8 Å². The molecule has 0 radical (unpaired) electrons. The second kappa shape index (κ2) is 7.84. The molecule has 1 heterocycles. The fourth-order valence-electron chi connectivity index (χ4n) is 2.19. The van der Waals surface area contributed by atoms with E-state index < -0.39 is 17.1 Å². The second-order valence-electron chi connectivity index (χ2n) is 5.32. The van der Waals surface area contributed by atoms with Gasteiger partial charge in [-0.1, -0.05) is 18.2 Å². The molecule has 5 nitrogen and oxygen atoms in total. The highest BCUT2D eigenvalue weighted by Gasteiger charge is 2.25. The van der Waals surface area contributed by atoms with E-state index >= 15 is 0 Å². The zero-order valence-corrected chi connectivity index (χ0v) is 15.5. The molecule has 8 heteroatoms. The van der Waals surface area contributed by atoms with E-state index in [1.54, 1.807) is 24.3 Å². The Hall–Kier alpha value is -2.45. The van der Waals surface area contributed by atoms with Crippen molar-refractivity contribution in [2.75, 3.05) is 0 Å². The molecule has 1 fully saturated rings. The van der Waals surface area contributed by atoms with Crippen molar-refractivity contribution in [3.8, 4) is 5.75 Å². The first-order valence-corrected chi connectivity index (χ1v) is 9.01. The van der Waals surface area contributed by atoms with Crippen LogP contribution in [0.1, 0.15) is 11.1 Å². The van der Waals surface area contributed by atoms with Gasteiger partial charge in [0.05, 0.1) is 15.8 Å². The topological polar surface area (TPSA) is 72.5 Å². The first kappa shape index (κ1) is 18.3. The molecular weight excluding hydrogens is 425 g/mol. The van der Waals surface area contributed by atoms with Gasteiger partial charge in [-0.25, -0.2) is 4.39 Å². The van der Waals surface area contributed by atoms with Gasteiger partial charge >= 0.3 is 5.97 Å². The number of hydrogen-bond acceptors (Lipinski definition) is 5. The number of rotatable bonds is 4. The molecule has 0 bridgehead atoms. The smallest absolute Gasteiger partial charge is 0.315 e. The fourth-order valence-corrected chi connectivity index (χ4v) is 3.35. The number of halogens is 2. The summed E-state index contributed by atoms with van der Waals surface area (Å²) in [5.74, 6) is -0.977. The number of esters is 1. The maximum atomic E-state index is 12.9. The molecular formula is C18H11BrFNO4S. The number of hydrogen-bond donors (Lipinski definition) is 1. The van der Waals surface area contributed by atoms with Crippen LogP contribution in [0.5, 0.6) is 5.75 Å². The van der Waals surface area contributed by atoms with E-state index in [0.717, 1.165) is 11.8 Å². The molecule has 2 amide bonds. The number of nitrogens with one attached hydrogen (secondary N) is 1. The van der Waals surface area contributed by atoms with Crippen molar-refractivity contribution in [3.63, 3.8) is 0 Å². The Kier molecular flexibility index (Phi) is 5.53. The second-order valence-corrected chi connectivity index (χ2v) is 7.19. The number of carbonyl (C=O) groups is 3. The minimum atomic E-state index is -0.486. The summed E-state index contributed by atoms with van der Waals surface area (Å²) in [6, 6.07) is 10.5. The number of ether oxygens (including phenoxy) is 1. The van der Waals surface area contributed by atoms with Gasteiger partial charge in [0.1, 0.15) is 11.6 Å². The maximum Gasteiger partial charge on any atom is 0.315 e. The fraction of sp³-hybridized carbons (Fsp3) is 0.0556. The van der Waals surface area contributed by atoms with E-state index in [2.05, 4.69) is 21.2 Å². The predicted molar refractivity (Wildman–Crippen MR) is 99.0 cm³/mol. The summed E-state index contributed by atoms with van der Waals surface area (Å²) < 4.78 is 18.7. The number of carbonyl (C=O) groups excluding carboxylic acids is 3. The molecule has 1 N–H and O–H groups in total. The normalized spacial score (nSPS) is 15.2. The van der Waals surface area contributed by atoms with Gasteiger partial charge in [-0.15, -0.1) is 0 Å². The van der Waals surface area contributed by atoms with Crippen LogP contribution in [0.2, 0.25) is 0 Å². The summed E-state index contributed by atoms with van der Waals surface area (Å²) in [6.07, 6.45) is 1.58. The van der Waals surface area contributed by atoms with Crippen LogP contribution in [0, 0.1) is 5.82 Å². The molecule has 1 aliphatic rings. The Morgan fingerprint density at radius 2 is 1.92 bits per heavy atom. The van der Waals surface area contributed by atoms with Crippen LogP contribution in [-0.4, -0.2) is 17.1 Å². The van der Waals surface area contributed by atoms with E-state index in [0.29, 0.717) is 26.3 Å². The lowest BCUT2D eigenvalue weighted by Crippen LogP contribution is -2.17. The summed E-state index contributed by atoms with van der Waals surface area (Å²) in [7, 11) is 0. The van der Waals surface area contributed by atoms with Gasteiger partial charge in [0, 0.05) is 0 Å². The third-order valence-electron chi connectivity index (χ3n) is 3.38. The minimum Gasteiger partial charge on any atom is -0.425 e. The maximum absolute atomic E-state index is 12.9. The molecule has 1 saturated heterocycles. The molecule has 0 spiro atoms. The lowest BCUT2D eigenvalue weighted by molar-refractivity contribution is -0.133. The quantitative estimate of drug-likeness (QED) is 0.445. The summed E-state index contributed by atoms with van der Waals surface area (Å²) in [6.45, 7) is 0. The van der Waals surface area contributed by atoms with Gasteiger partial charge in [-0.3, -0.25) is 19.7 Å². The van der Waals surface area contributed by atoms with Gasteiger partial charge in [-0.05, 0) is 69.2 Å². The number of amides is 2. The Morgan fingerprint density at radius 1 is 1.19 bits per heavy atom. The van der Waals surface area contributed by atoms with Crippen LogP contribution >= 0.6 is 27.7 Å². The lowest BCUT2D eigenvalue weighted by atomic mass is 10.1. The van der Waals surface area contributed by atoms with Crippen LogP contribution in [0.25, 0.3) is 6.08 Å². The number of imide groups is 1. The largest absolute Gasteiger partial charge is 0.425 e. The SMILES string of the molecule is O=C(Cc1ccc(F)cc1)Oc1ccc(C=C2SC(=O)NC2=O)cc1Br. The third-order valence-corrected chi connectivity index (χ3v) is 4.81. The standard InChI is InChI=1S/C18H11BrFNO4S/c19-13-7-11(8-15-17(23)21-18(24)26-15)3-6-14(13)25-16(22)9-10-1-4-12(20)5-2-10/h1-8H,9H2,(H,21,23,24). The first-order chi connectivity index (χ1) is 12.4. The molecule has 3 rings (SSSR count). The molecule has 132 valence electrons. The van der Waals surface area contributed by atoms with Crippen LogP contribution in [0.3, 0.4) is 0 Å². The number of thioether (sulfide) groups is 1. The van der Waals surface area contributed by atoms with Crippen molar-refractivity contribution in [1.82, 2.24) is 5.32 Å². The van der Waals surface area contributed by atoms with Crippen LogP contribution < -0.4 is 10.1 Å². The molecule has 0 aromatic heterocycles. The van der Waals surface area contributed by atoms with E-state index in [1.165, 1.54) is 24.3 Å². The van der Waals surface area contributed by atoms with Crippen LogP contribution in [-0.2, 0) is 16.0 Å². The van der Waals surface area contributed by atoms with E-state index in [4.69, 9.17) is 4.74 Å². The average molecular weight is 436 g/mol. The average Bonchev–Trinajstić information content (AvgIpc) is 2.89. The van der Waals surface area contributed by atoms with Crippen molar-refractivity contribution in [2.24, 2.45) is 0 Å². The Bertz CT molecular complexity index is 927. The molecule has 2 aromatic carbocycles. The van der Waals surface area contributed by atoms with Crippen molar-refractivity contribution >= 4 is 50.9 Å². The highest BCUT2D eigenvalue weighted by molar-refractivity contribution is 9.10. The summed E-state index contributed by atoms with van der Waals surface area (Å²) in [5, 5.41) is 1.77. The molecule has 2 aromatic rings. The zero-order valence-electron chi connectivity index (χ0n) is 13.1. The predicted octanol–water partition coefficient (Wildman–Crippen LogP) is 4.06. The van der Waals surface area contributed by atoms with Gasteiger partial charge < -0.3 is 4.74 Å². The Morgan fingerprint density at radius 3 is 2.54 bits per heavy atom. The highest BCUT2D eigenvalue weighted by atomic mass is 79.9. The minimum absolute atomic E-state index is 0.0114. The third kappa shape index (κ3) is 4.59. The molecule has 1 aliphatic heterocycles. The van der Waals surface area contributed by atoms with Crippen molar-refractivity contribution in [2.45, 2.75) is 6.42 Å². The lowest BCUT2D eigenvalue weighted by Gasteiger charge is -2.07. The number of benzene rings is 2. The molecule has 0 saturated carbocycles. The van der Waals surface area contributed by atoms with E-state index in [-0.39, 0.29) is 12.2 Å². The van der Waals surface area contributed by atoms with Crippen molar-refractivity contribution in [1.29, 1.82) is 0 Å². The van der Waals surface area contributed by atoms with Crippen LogP contribution in [0.15, 0.2) is 51.8 Å². The molecule has 26 heavy (non-hydrogen) atoms. The summed E-state index contributed by atoms with van der Waals surface area (Å²) in [4.78, 5) is 35.0. The Labute approximate surface area is 160 Å². The molecule has 0 unspecified atom stereocenters. The van der Waals surface area contributed by atoms with Crippen molar-refractivity contribution < 1.29 is 23.5 Å². The summed E-state index contributed by atoms with van der Waals surface area (Å²) >= 11 is 4.14. The zero-order chi connectivity index (χ0) is 18.7.